The van der Waals surface area contributed by atoms with Gasteiger partial charge in [0.1, 0.15) is 11.8 Å². The average Bonchev–Trinajstić information content (AvgIpc) is 3.12. The summed E-state index contributed by atoms with van der Waals surface area (Å²) >= 11 is 0. The van der Waals surface area contributed by atoms with Crippen molar-refractivity contribution in [2.24, 2.45) is 0 Å². The first-order chi connectivity index (χ1) is 12.6. The number of rotatable bonds is 6. The zero-order valence-electron chi connectivity index (χ0n) is 15.5. The van der Waals surface area contributed by atoms with E-state index in [1.807, 2.05) is 24.3 Å². The molecule has 2 aliphatic rings. The molecule has 0 aromatic heterocycles. The fraction of sp³-hybridized carbons (Fsp3) is 0.579. The number of hydrogen-bond donors (Lipinski definition) is 3. The Hall–Kier alpha value is -2.12. The molecule has 2 fully saturated rings. The van der Waals surface area contributed by atoms with E-state index in [9.17, 15) is 9.59 Å². The van der Waals surface area contributed by atoms with Gasteiger partial charge in [-0.2, -0.15) is 0 Å². The van der Waals surface area contributed by atoms with E-state index in [-0.39, 0.29) is 29.9 Å². The smallest absolute Gasteiger partial charge is 0.238 e. The van der Waals surface area contributed by atoms with Crippen LogP contribution in [0, 0.1) is 0 Å². The SMILES string of the molecule is COc1ccc(CNC(=O)CC[C@H]2CNC(=O)[C@H]3NCC[C@H]3N2C)cc1. The molecule has 0 unspecified atom stereocenters. The summed E-state index contributed by atoms with van der Waals surface area (Å²) in [5, 5.41) is 9.23. The highest BCUT2D eigenvalue weighted by Gasteiger charge is 2.40. The lowest BCUT2D eigenvalue weighted by Crippen LogP contribution is -2.48. The Bertz CT molecular complexity index is 634. The van der Waals surface area contributed by atoms with Gasteiger partial charge in [-0.05, 0) is 44.1 Å². The minimum Gasteiger partial charge on any atom is -0.497 e. The predicted octanol–water partition coefficient (Wildman–Crippen LogP) is 0.252. The van der Waals surface area contributed by atoms with E-state index in [1.165, 1.54) is 0 Å². The summed E-state index contributed by atoms with van der Waals surface area (Å²) in [7, 11) is 3.69. The van der Waals surface area contributed by atoms with Crippen LogP contribution in [0.3, 0.4) is 0 Å². The molecule has 7 heteroatoms. The van der Waals surface area contributed by atoms with Crippen LogP contribution in [0.25, 0.3) is 0 Å². The standard InChI is InChI=1S/C19H28N4O3/c1-23-14(12-22-19(25)18-16(23)9-10-20-18)5-8-17(24)21-11-13-3-6-15(26-2)7-4-13/h3-4,6-7,14,16,18,20H,5,8-12H2,1-2H3,(H,21,24)(H,22,25)/t14-,16+,18-/m0/s1. The second-order valence-electron chi connectivity index (χ2n) is 7.02. The van der Waals surface area contributed by atoms with Gasteiger partial charge in [-0.25, -0.2) is 0 Å². The normalized spacial score (nSPS) is 25.9. The number of benzene rings is 1. The molecule has 0 bridgehead atoms. The van der Waals surface area contributed by atoms with Gasteiger partial charge in [-0.1, -0.05) is 12.1 Å². The van der Waals surface area contributed by atoms with Gasteiger partial charge in [0.25, 0.3) is 0 Å². The maximum atomic E-state index is 12.2. The number of nitrogens with zero attached hydrogens (tertiary/aromatic N) is 1. The van der Waals surface area contributed by atoms with E-state index in [4.69, 9.17) is 4.74 Å². The molecule has 3 atom stereocenters. The van der Waals surface area contributed by atoms with Crippen LogP contribution >= 0.6 is 0 Å². The Morgan fingerprint density at radius 2 is 2.12 bits per heavy atom. The van der Waals surface area contributed by atoms with E-state index >= 15 is 0 Å². The zero-order valence-corrected chi connectivity index (χ0v) is 15.5. The number of ether oxygens (including phenoxy) is 1. The van der Waals surface area contributed by atoms with Crippen LogP contribution in [0.1, 0.15) is 24.8 Å². The van der Waals surface area contributed by atoms with Crippen molar-refractivity contribution in [2.75, 3.05) is 27.2 Å². The lowest BCUT2D eigenvalue weighted by atomic mass is 10.0. The first-order valence-electron chi connectivity index (χ1n) is 9.21. The van der Waals surface area contributed by atoms with Crippen LogP contribution in [0.4, 0.5) is 0 Å². The van der Waals surface area contributed by atoms with Crippen LogP contribution in [-0.4, -0.2) is 62.1 Å². The van der Waals surface area contributed by atoms with Gasteiger partial charge in [-0.3, -0.25) is 14.5 Å². The Balaban J connectivity index is 1.46. The van der Waals surface area contributed by atoms with Crippen molar-refractivity contribution in [3.63, 3.8) is 0 Å². The second-order valence-corrected chi connectivity index (χ2v) is 7.02. The summed E-state index contributed by atoms with van der Waals surface area (Å²) in [6.07, 6.45) is 2.15. The topological polar surface area (TPSA) is 82.7 Å². The quantitative estimate of drug-likeness (QED) is 0.678. The number of carbonyl (C=O) groups is 2. The van der Waals surface area contributed by atoms with Crippen LogP contribution in [-0.2, 0) is 16.1 Å². The Morgan fingerprint density at radius 1 is 1.35 bits per heavy atom. The van der Waals surface area contributed by atoms with Crippen molar-refractivity contribution in [2.45, 2.75) is 43.9 Å². The number of hydrogen-bond acceptors (Lipinski definition) is 5. The molecule has 0 spiro atoms. The van der Waals surface area contributed by atoms with Crippen molar-refractivity contribution in [3.05, 3.63) is 29.8 Å². The average molecular weight is 360 g/mol. The maximum absolute atomic E-state index is 12.2. The molecular weight excluding hydrogens is 332 g/mol. The van der Waals surface area contributed by atoms with E-state index < -0.39 is 0 Å². The third-order valence-corrected chi connectivity index (χ3v) is 5.44. The number of fused-ring (bicyclic) bond motifs is 1. The van der Waals surface area contributed by atoms with Gasteiger partial charge in [-0.15, -0.1) is 0 Å². The van der Waals surface area contributed by atoms with Crippen molar-refractivity contribution in [1.82, 2.24) is 20.9 Å². The summed E-state index contributed by atoms with van der Waals surface area (Å²) < 4.78 is 5.13. The lowest BCUT2D eigenvalue weighted by molar-refractivity contribution is -0.123. The molecule has 2 amide bonds. The van der Waals surface area contributed by atoms with Crippen molar-refractivity contribution < 1.29 is 14.3 Å². The lowest BCUT2D eigenvalue weighted by Gasteiger charge is -2.31. The molecule has 1 aromatic rings. The van der Waals surface area contributed by atoms with Crippen LogP contribution in [0.15, 0.2) is 24.3 Å². The molecule has 2 saturated heterocycles. The monoisotopic (exact) mass is 360 g/mol. The van der Waals surface area contributed by atoms with Gasteiger partial charge in [0.05, 0.1) is 7.11 Å². The number of amides is 2. The van der Waals surface area contributed by atoms with E-state index in [0.29, 0.717) is 19.5 Å². The highest BCUT2D eigenvalue weighted by molar-refractivity contribution is 5.83. The summed E-state index contributed by atoms with van der Waals surface area (Å²) in [5.74, 6) is 0.912. The molecule has 1 aromatic carbocycles. The molecular formula is C19H28N4O3. The Labute approximate surface area is 154 Å². The van der Waals surface area contributed by atoms with Crippen LogP contribution in [0.2, 0.25) is 0 Å². The summed E-state index contributed by atoms with van der Waals surface area (Å²) in [6, 6.07) is 7.93. The number of nitrogens with one attached hydrogen (secondary N) is 3. The molecule has 2 aliphatic heterocycles. The number of methoxy groups -OCH3 is 1. The van der Waals surface area contributed by atoms with Gasteiger partial charge < -0.3 is 20.7 Å². The molecule has 3 N–H and O–H groups in total. The van der Waals surface area contributed by atoms with E-state index in [2.05, 4.69) is 27.9 Å². The minimum atomic E-state index is -0.131. The Kier molecular flexibility index (Phi) is 6.11. The zero-order chi connectivity index (χ0) is 18.5. The van der Waals surface area contributed by atoms with Gasteiger partial charge >= 0.3 is 0 Å². The number of carbonyl (C=O) groups excluding carboxylic acids is 2. The van der Waals surface area contributed by atoms with Crippen molar-refractivity contribution >= 4 is 11.8 Å². The molecule has 142 valence electrons. The van der Waals surface area contributed by atoms with Crippen LogP contribution in [0.5, 0.6) is 5.75 Å². The molecule has 7 nitrogen and oxygen atoms in total. The summed E-state index contributed by atoms with van der Waals surface area (Å²) in [6.45, 7) is 1.96. The third-order valence-electron chi connectivity index (χ3n) is 5.44. The maximum Gasteiger partial charge on any atom is 0.238 e. The molecule has 0 aliphatic carbocycles. The number of likely N-dealkylation sites (N-methyl/N-ethyl adjacent to an activating group) is 1. The molecule has 0 saturated carbocycles. The van der Waals surface area contributed by atoms with Gasteiger partial charge in [0.2, 0.25) is 11.8 Å². The van der Waals surface area contributed by atoms with Crippen LogP contribution < -0.4 is 20.7 Å². The molecule has 0 radical (unpaired) electrons. The second kappa shape index (κ2) is 8.51. The highest BCUT2D eigenvalue weighted by Crippen LogP contribution is 2.21. The first kappa shape index (κ1) is 18.7. The fourth-order valence-corrected chi connectivity index (χ4v) is 3.77. The predicted molar refractivity (Wildman–Crippen MR) is 98.8 cm³/mol. The Morgan fingerprint density at radius 3 is 2.85 bits per heavy atom. The van der Waals surface area contributed by atoms with Crippen molar-refractivity contribution in [1.29, 1.82) is 0 Å². The molecule has 2 heterocycles. The highest BCUT2D eigenvalue weighted by atomic mass is 16.5. The third kappa shape index (κ3) is 4.34. The first-order valence-corrected chi connectivity index (χ1v) is 9.21. The minimum absolute atomic E-state index is 0.0332. The van der Waals surface area contributed by atoms with E-state index in [1.54, 1.807) is 7.11 Å². The fourth-order valence-electron chi connectivity index (χ4n) is 3.77. The van der Waals surface area contributed by atoms with Gasteiger partial charge in [0, 0.05) is 31.6 Å². The summed E-state index contributed by atoms with van der Waals surface area (Å²) in [5.41, 5.74) is 1.04. The molecule has 26 heavy (non-hydrogen) atoms. The molecule has 3 rings (SSSR count). The summed E-state index contributed by atoms with van der Waals surface area (Å²) in [4.78, 5) is 26.6. The van der Waals surface area contributed by atoms with Gasteiger partial charge in [0.15, 0.2) is 0 Å². The van der Waals surface area contributed by atoms with E-state index in [0.717, 1.165) is 30.7 Å². The van der Waals surface area contributed by atoms with Crippen molar-refractivity contribution in [3.8, 4) is 5.75 Å². The largest absolute Gasteiger partial charge is 0.497 e.